The third-order valence-corrected chi connectivity index (χ3v) is 3.94. The van der Waals surface area contributed by atoms with Crippen LogP contribution in [-0.2, 0) is 5.75 Å². The van der Waals surface area contributed by atoms with Crippen LogP contribution in [0.1, 0.15) is 16.8 Å². The maximum Gasteiger partial charge on any atom is 0.286 e. The molecule has 94 valence electrons. The van der Waals surface area contributed by atoms with Crippen LogP contribution in [0.3, 0.4) is 0 Å². The summed E-state index contributed by atoms with van der Waals surface area (Å²) in [5, 5.41) is 9.77. The zero-order valence-corrected chi connectivity index (χ0v) is 11.2. The molecule has 0 aliphatic carbocycles. The summed E-state index contributed by atoms with van der Waals surface area (Å²) in [5.74, 6) is 0.566. The molecule has 1 aromatic heterocycles. The van der Waals surface area contributed by atoms with Crippen LogP contribution in [0.4, 0.5) is 0 Å². The van der Waals surface area contributed by atoms with Gasteiger partial charge in [-0.15, -0.1) is 11.8 Å². The van der Waals surface area contributed by atoms with Gasteiger partial charge in [0.1, 0.15) is 0 Å². The SMILES string of the molecule is Cc1cc(CSc2ccccc2)n(O)c(=O)c1C. The van der Waals surface area contributed by atoms with Gasteiger partial charge in [0.25, 0.3) is 5.56 Å². The lowest BCUT2D eigenvalue weighted by Crippen LogP contribution is -2.24. The van der Waals surface area contributed by atoms with E-state index in [1.54, 1.807) is 18.7 Å². The van der Waals surface area contributed by atoms with Gasteiger partial charge in [-0.2, -0.15) is 4.73 Å². The first kappa shape index (κ1) is 12.8. The van der Waals surface area contributed by atoms with Gasteiger partial charge in [0.15, 0.2) is 0 Å². The molecule has 4 heteroatoms. The summed E-state index contributed by atoms with van der Waals surface area (Å²) < 4.78 is 0.748. The molecule has 3 nitrogen and oxygen atoms in total. The molecule has 0 aliphatic heterocycles. The van der Waals surface area contributed by atoms with E-state index in [1.807, 2.05) is 43.3 Å². The summed E-state index contributed by atoms with van der Waals surface area (Å²) in [6.07, 6.45) is 0. The molecule has 1 N–H and O–H groups in total. The Balaban J connectivity index is 2.23. The Labute approximate surface area is 110 Å². The fourth-order valence-electron chi connectivity index (χ4n) is 1.65. The quantitative estimate of drug-likeness (QED) is 0.682. The number of benzene rings is 1. The van der Waals surface area contributed by atoms with Crippen LogP contribution in [0, 0.1) is 13.8 Å². The molecular formula is C14H15NO2S. The molecule has 0 unspecified atom stereocenters. The van der Waals surface area contributed by atoms with E-state index in [4.69, 9.17) is 0 Å². The first-order chi connectivity index (χ1) is 8.59. The van der Waals surface area contributed by atoms with E-state index in [-0.39, 0.29) is 5.56 Å². The molecule has 0 fully saturated rings. The third kappa shape index (κ3) is 2.59. The van der Waals surface area contributed by atoms with Gasteiger partial charge in [-0.1, -0.05) is 18.2 Å². The molecular weight excluding hydrogens is 246 g/mol. The first-order valence-corrected chi connectivity index (χ1v) is 6.67. The molecule has 0 atom stereocenters. The average molecular weight is 261 g/mol. The Kier molecular flexibility index (Phi) is 3.77. The number of thioether (sulfide) groups is 1. The fourth-order valence-corrected chi connectivity index (χ4v) is 2.52. The van der Waals surface area contributed by atoms with Gasteiger partial charge in [0.2, 0.25) is 0 Å². The van der Waals surface area contributed by atoms with Crippen molar-refractivity contribution in [2.45, 2.75) is 24.5 Å². The lowest BCUT2D eigenvalue weighted by molar-refractivity contribution is 0.166. The average Bonchev–Trinajstić information content (AvgIpc) is 2.40. The minimum absolute atomic E-state index is 0.335. The van der Waals surface area contributed by atoms with Gasteiger partial charge in [-0.3, -0.25) is 4.79 Å². The molecule has 0 saturated heterocycles. The molecule has 2 rings (SSSR count). The fraction of sp³-hybridized carbons (Fsp3) is 0.214. The van der Waals surface area contributed by atoms with Crippen molar-refractivity contribution in [2.24, 2.45) is 0 Å². The highest BCUT2D eigenvalue weighted by Gasteiger charge is 2.08. The van der Waals surface area contributed by atoms with Crippen LogP contribution in [0.25, 0.3) is 0 Å². The summed E-state index contributed by atoms with van der Waals surface area (Å²) in [7, 11) is 0. The number of hydrogen-bond acceptors (Lipinski definition) is 3. The van der Waals surface area contributed by atoms with Crippen molar-refractivity contribution in [2.75, 3.05) is 0 Å². The highest BCUT2D eigenvalue weighted by atomic mass is 32.2. The predicted molar refractivity (Wildman–Crippen MR) is 73.4 cm³/mol. The molecule has 0 aliphatic rings. The summed E-state index contributed by atoms with van der Waals surface area (Å²) >= 11 is 1.59. The standard InChI is InChI=1S/C14H15NO2S/c1-10-8-12(15(17)14(16)11(10)2)9-18-13-6-4-3-5-7-13/h3-8,17H,9H2,1-2H3. The monoisotopic (exact) mass is 261 g/mol. The molecule has 0 radical (unpaired) electrons. The van der Waals surface area contributed by atoms with Crippen molar-refractivity contribution in [3.05, 3.63) is 63.6 Å². The molecule has 0 bridgehead atoms. The number of aryl methyl sites for hydroxylation is 1. The van der Waals surface area contributed by atoms with E-state index in [9.17, 15) is 10.0 Å². The molecule has 0 spiro atoms. The highest BCUT2D eigenvalue weighted by molar-refractivity contribution is 7.98. The second-order valence-electron chi connectivity index (χ2n) is 4.16. The lowest BCUT2D eigenvalue weighted by Gasteiger charge is -2.09. The van der Waals surface area contributed by atoms with Gasteiger partial charge >= 0.3 is 0 Å². The number of hydrogen-bond donors (Lipinski definition) is 1. The first-order valence-electron chi connectivity index (χ1n) is 5.69. The Hall–Kier alpha value is -1.68. The molecule has 1 aromatic carbocycles. The summed E-state index contributed by atoms with van der Waals surface area (Å²) in [4.78, 5) is 12.8. The molecule has 1 heterocycles. The normalized spacial score (nSPS) is 10.6. The van der Waals surface area contributed by atoms with Crippen molar-refractivity contribution >= 4 is 11.8 Å². The van der Waals surface area contributed by atoms with Gasteiger partial charge in [-0.05, 0) is 37.6 Å². The minimum atomic E-state index is -0.335. The number of pyridine rings is 1. The van der Waals surface area contributed by atoms with E-state index >= 15 is 0 Å². The largest absolute Gasteiger partial charge is 0.425 e. The van der Waals surface area contributed by atoms with Crippen molar-refractivity contribution in [1.29, 1.82) is 0 Å². The van der Waals surface area contributed by atoms with Crippen LogP contribution < -0.4 is 5.56 Å². The van der Waals surface area contributed by atoms with E-state index in [1.165, 1.54) is 0 Å². The Morgan fingerprint density at radius 1 is 1.22 bits per heavy atom. The van der Waals surface area contributed by atoms with E-state index < -0.39 is 0 Å². The van der Waals surface area contributed by atoms with E-state index in [0.29, 0.717) is 17.0 Å². The molecule has 0 saturated carbocycles. The molecule has 0 amide bonds. The Bertz CT molecular complexity index is 605. The topological polar surface area (TPSA) is 42.2 Å². The van der Waals surface area contributed by atoms with E-state index in [0.717, 1.165) is 15.2 Å². The number of nitrogens with zero attached hydrogens (tertiary/aromatic N) is 1. The van der Waals surface area contributed by atoms with Crippen LogP contribution in [-0.4, -0.2) is 9.94 Å². The highest BCUT2D eigenvalue weighted by Crippen LogP contribution is 2.22. The van der Waals surface area contributed by atoms with Gasteiger partial charge < -0.3 is 5.21 Å². The van der Waals surface area contributed by atoms with Crippen molar-refractivity contribution < 1.29 is 5.21 Å². The maximum atomic E-state index is 11.7. The summed E-state index contributed by atoms with van der Waals surface area (Å²) in [6.45, 7) is 3.60. The summed E-state index contributed by atoms with van der Waals surface area (Å²) in [5.41, 5.74) is 1.79. The second-order valence-corrected chi connectivity index (χ2v) is 5.21. The van der Waals surface area contributed by atoms with Gasteiger partial charge in [-0.25, -0.2) is 0 Å². The number of rotatable bonds is 3. The Morgan fingerprint density at radius 2 is 1.89 bits per heavy atom. The van der Waals surface area contributed by atoms with Gasteiger partial charge in [0, 0.05) is 16.2 Å². The van der Waals surface area contributed by atoms with Crippen molar-refractivity contribution in [1.82, 2.24) is 4.73 Å². The van der Waals surface area contributed by atoms with Crippen LogP contribution in [0.15, 0.2) is 46.1 Å². The zero-order valence-electron chi connectivity index (χ0n) is 10.4. The minimum Gasteiger partial charge on any atom is -0.425 e. The van der Waals surface area contributed by atoms with Gasteiger partial charge in [0.05, 0.1) is 5.69 Å². The lowest BCUT2D eigenvalue weighted by atomic mass is 10.1. The second kappa shape index (κ2) is 5.31. The van der Waals surface area contributed by atoms with Crippen molar-refractivity contribution in [3.63, 3.8) is 0 Å². The smallest absolute Gasteiger partial charge is 0.286 e. The Morgan fingerprint density at radius 3 is 2.56 bits per heavy atom. The molecule has 18 heavy (non-hydrogen) atoms. The van der Waals surface area contributed by atoms with Crippen molar-refractivity contribution in [3.8, 4) is 0 Å². The van der Waals surface area contributed by atoms with Crippen LogP contribution in [0.2, 0.25) is 0 Å². The molecule has 2 aromatic rings. The third-order valence-electron chi connectivity index (χ3n) is 2.89. The summed E-state index contributed by atoms with van der Waals surface area (Å²) in [6, 6.07) is 11.8. The number of aromatic nitrogens is 1. The van der Waals surface area contributed by atoms with Crippen LogP contribution >= 0.6 is 11.8 Å². The van der Waals surface area contributed by atoms with E-state index in [2.05, 4.69) is 0 Å². The van der Waals surface area contributed by atoms with Crippen LogP contribution in [0.5, 0.6) is 0 Å². The predicted octanol–water partition coefficient (Wildman–Crippen LogP) is 2.99. The zero-order chi connectivity index (χ0) is 13.1. The maximum absolute atomic E-state index is 11.7.